The smallest absolute Gasteiger partial charge is 0.261 e. The minimum Gasteiger partial charge on any atom is -0.367 e. The Morgan fingerprint density at radius 2 is 0.957 bits per heavy atom. The second kappa shape index (κ2) is 13.4. The molecular formula is C36H30N2O7S2. The van der Waals surface area contributed by atoms with Gasteiger partial charge in [-0.15, -0.1) is 0 Å². The second-order valence-electron chi connectivity index (χ2n) is 10.8. The quantitative estimate of drug-likeness (QED) is 0.157. The Hall–Kier alpha value is -4.94. The molecule has 0 aliphatic carbocycles. The highest BCUT2D eigenvalue weighted by Crippen LogP contribution is 2.36. The number of carbonyl (C=O) groups excluding carboxylic acids is 2. The molecule has 0 N–H and O–H groups in total. The van der Waals surface area contributed by atoms with Crippen molar-refractivity contribution < 1.29 is 31.2 Å². The number of hydrogen-bond donors (Lipinski definition) is 0. The number of hydrogen-bond acceptors (Lipinski definition) is 7. The van der Waals surface area contributed by atoms with Gasteiger partial charge in [0.2, 0.25) is 0 Å². The summed E-state index contributed by atoms with van der Waals surface area (Å²) in [6, 6.07) is 37.1. The van der Waals surface area contributed by atoms with Gasteiger partial charge in [-0.05, 0) is 47.5 Å². The molecule has 5 aromatic carbocycles. The van der Waals surface area contributed by atoms with Gasteiger partial charge in [-0.3, -0.25) is 14.5 Å². The van der Waals surface area contributed by atoms with E-state index in [0.29, 0.717) is 9.27 Å². The summed E-state index contributed by atoms with van der Waals surface area (Å²) in [6.07, 6.45) is -1.14. The summed E-state index contributed by atoms with van der Waals surface area (Å²) in [6.45, 7) is -0.800. The van der Waals surface area contributed by atoms with Crippen LogP contribution in [0.1, 0.15) is 37.9 Å². The lowest BCUT2D eigenvalue weighted by Crippen LogP contribution is -2.53. The lowest BCUT2D eigenvalue weighted by molar-refractivity contribution is -0.0169. The molecule has 2 amide bonds. The summed E-state index contributed by atoms with van der Waals surface area (Å²) >= 11 is 0. The van der Waals surface area contributed by atoms with Gasteiger partial charge < -0.3 is 4.74 Å². The largest absolute Gasteiger partial charge is 0.367 e. The van der Waals surface area contributed by atoms with Gasteiger partial charge in [0.15, 0.2) is 0 Å². The van der Waals surface area contributed by atoms with E-state index in [-0.39, 0.29) is 27.5 Å². The summed E-state index contributed by atoms with van der Waals surface area (Å²) in [7, 11) is -9.55. The molecule has 5 aromatic rings. The number of carbonyl (C=O) groups is 2. The number of nitrogens with zero attached hydrogens (tertiary/aromatic N) is 2. The Labute approximate surface area is 273 Å². The zero-order chi connectivity index (χ0) is 33.0. The van der Waals surface area contributed by atoms with E-state index >= 15 is 0 Å². The van der Waals surface area contributed by atoms with Gasteiger partial charge in [0.1, 0.15) is 6.10 Å². The molecule has 6 rings (SSSR count). The maximum Gasteiger partial charge on any atom is 0.261 e. The second-order valence-corrected chi connectivity index (χ2v) is 14.8. The Kier molecular flexibility index (Phi) is 9.15. The van der Waals surface area contributed by atoms with Gasteiger partial charge in [0.05, 0.1) is 40.1 Å². The number of rotatable bonds is 12. The molecule has 9 nitrogen and oxygen atoms in total. The summed E-state index contributed by atoms with van der Waals surface area (Å²) < 4.78 is 64.2. The van der Waals surface area contributed by atoms with Crippen LogP contribution >= 0.6 is 0 Å². The van der Waals surface area contributed by atoms with Gasteiger partial charge in [-0.2, -0.15) is 0 Å². The maximum absolute atomic E-state index is 14.3. The third kappa shape index (κ3) is 6.38. The standard InChI is InChI=1S/C36H30N2O7S2/c39-35-31-23-13-14-24-32(31)36(40)38(35)33(34(28-17-7-2-8-18-28)45-26-27-15-5-1-6-16-27)25-37(46(41,42)29-19-9-3-10-20-29)47(43,44)30-21-11-4-12-22-30/h1-24,33-34H,25-26H2/t33-,34-/m1/s1. The predicted molar refractivity (Wildman–Crippen MR) is 175 cm³/mol. The first-order valence-electron chi connectivity index (χ1n) is 14.7. The van der Waals surface area contributed by atoms with Crippen molar-refractivity contribution in [2.45, 2.75) is 28.5 Å². The number of amides is 2. The lowest BCUT2D eigenvalue weighted by atomic mass is 10.0. The summed E-state index contributed by atoms with van der Waals surface area (Å²) in [5.41, 5.74) is 1.54. The van der Waals surface area contributed by atoms with E-state index in [2.05, 4.69) is 0 Å². The third-order valence-electron chi connectivity index (χ3n) is 7.86. The van der Waals surface area contributed by atoms with Crippen LogP contribution < -0.4 is 0 Å². The number of benzene rings is 5. The lowest BCUT2D eigenvalue weighted by Gasteiger charge is -2.36. The summed E-state index contributed by atoms with van der Waals surface area (Å²) in [5.74, 6) is -1.37. The van der Waals surface area contributed by atoms with Crippen molar-refractivity contribution in [1.29, 1.82) is 0 Å². The molecule has 1 aliphatic rings. The van der Waals surface area contributed by atoms with E-state index < -0.39 is 50.6 Å². The first-order valence-corrected chi connectivity index (χ1v) is 17.6. The fraction of sp³-hybridized carbons (Fsp3) is 0.111. The summed E-state index contributed by atoms with van der Waals surface area (Å²) in [5, 5.41) is 0. The fourth-order valence-corrected chi connectivity index (χ4v) is 9.27. The molecule has 238 valence electrons. The van der Waals surface area contributed by atoms with Crippen LogP contribution in [0, 0.1) is 0 Å². The molecule has 1 heterocycles. The van der Waals surface area contributed by atoms with E-state index in [9.17, 15) is 26.4 Å². The molecule has 0 fully saturated rings. The van der Waals surface area contributed by atoms with Crippen molar-refractivity contribution in [3.8, 4) is 0 Å². The highest BCUT2D eigenvalue weighted by Gasteiger charge is 2.48. The van der Waals surface area contributed by atoms with Gasteiger partial charge in [0.25, 0.3) is 31.9 Å². The molecule has 2 atom stereocenters. The Balaban J connectivity index is 1.54. The average molecular weight is 667 g/mol. The van der Waals surface area contributed by atoms with Crippen molar-refractivity contribution >= 4 is 31.9 Å². The molecule has 47 heavy (non-hydrogen) atoms. The number of ether oxygens (including phenoxy) is 1. The minimum atomic E-state index is -4.78. The SMILES string of the molecule is O=C1c2ccccc2C(=O)N1[C@H](CN(S(=O)(=O)c1ccccc1)S(=O)(=O)c1ccccc1)[C@H](OCc1ccccc1)c1ccccc1. The van der Waals surface area contributed by atoms with Crippen LogP contribution in [0.25, 0.3) is 0 Å². The van der Waals surface area contributed by atoms with Crippen LogP contribution in [0.4, 0.5) is 0 Å². The zero-order valence-corrected chi connectivity index (χ0v) is 26.6. The molecule has 0 saturated carbocycles. The monoisotopic (exact) mass is 666 g/mol. The van der Waals surface area contributed by atoms with Crippen LogP contribution in [0.5, 0.6) is 0 Å². The molecule has 0 saturated heterocycles. The van der Waals surface area contributed by atoms with Crippen molar-refractivity contribution in [3.63, 3.8) is 0 Å². The molecular weight excluding hydrogens is 637 g/mol. The highest BCUT2D eigenvalue weighted by atomic mass is 32.3. The van der Waals surface area contributed by atoms with Crippen molar-refractivity contribution in [2.75, 3.05) is 6.54 Å². The number of imide groups is 1. The molecule has 0 bridgehead atoms. The van der Waals surface area contributed by atoms with Gasteiger partial charge in [-0.25, -0.2) is 16.8 Å². The van der Waals surface area contributed by atoms with Crippen LogP contribution in [0.15, 0.2) is 155 Å². The third-order valence-corrected chi connectivity index (χ3v) is 12.1. The Morgan fingerprint density at radius 1 is 0.553 bits per heavy atom. The van der Waals surface area contributed by atoms with E-state index in [1.807, 2.05) is 30.3 Å². The van der Waals surface area contributed by atoms with Crippen molar-refractivity contribution in [3.05, 3.63) is 168 Å². The number of sulfonamides is 2. The average Bonchev–Trinajstić information content (AvgIpc) is 3.36. The van der Waals surface area contributed by atoms with Gasteiger partial charge in [0, 0.05) is 0 Å². The Bertz CT molecular complexity index is 1990. The van der Waals surface area contributed by atoms with E-state index in [0.717, 1.165) is 10.5 Å². The van der Waals surface area contributed by atoms with Crippen LogP contribution in [-0.2, 0) is 31.4 Å². The summed E-state index contributed by atoms with van der Waals surface area (Å²) in [4.78, 5) is 28.4. The first kappa shape index (κ1) is 32.0. The topological polar surface area (TPSA) is 118 Å². The van der Waals surface area contributed by atoms with Crippen molar-refractivity contribution in [1.82, 2.24) is 8.61 Å². The normalized spacial score (nSPS) is 14.6. The highest BCUT2D eigenvalue weighted by molar-refractivity contribution is 8.04. The Morgan fingerprint density at radius 3 is 1.43 bits per heavy atom. The molecule has 0 spiro atoms. The van der Waals surface area contributed by atoms with E-state index in [1.165, 1.54) is 60.7 Å². The zero-order valence-electron chi connectivity index (χ0n) is 25.0. The van der Waals surface area contributed by atoms with Crippen LogP contribution in [0.2, 0.25) is 0 Å². The predicted octanol–water partition coefficient (Wildman–Crippen LogP) is 5.69. The van der Waals surface area contributed by atoms with Crippen LogP contribution in [0.3, 0.4) is 0 Å². The van der Waals surface area contributed by atoms with E-state index in [4.69, 9.17) is 4.74 Å². The molecule has 0 aromatic heterocycles. The van der Waals surface area contributed by atoms with Gasteiger partial charge >= 0.3 is 0 Å². The van der Waals surface area contributed by atoms with Gasteiger partial charge in [-0.1, -0.05) is 113 Å². The first-order chi connectivity index (χ1) is 22.7. The maximum atomic E-state index is 14.3. The van der Waals surface area contributed by atoms with E-state index in [1.54, 1.807) is 54.6 Å². The number of fused-ring (bicyclic) bond motifs is 1. The molecule has 11 heteroatoms. The molecule has 0 radical (unpaired) electrons. The molecule has 0 unspecified atom stereocenters. The molecule has 1 aliphatic heterocycles. The van der Waals surface area contributed by atoms with Crippen molar-refractivity contribution in [2.24, 2.45) is 0 Å². The van der Waals surface area contributed by atoms with Crippen LogP contribution in [-0.4, -0.2) is 49.8 Å². The minimum absolute atomic E-state index is 0.0247. The fourth-order valence-electron chi connectivity index (χ4n) is 5.55.